The Hall–Kier alpha value is -1.27. The van der Waals surface area contributed by atoms with Crippen LogP contribution < -0.4 is 24.8 Å². The topological polar surface area (TPSA) is 0 Å². The number of hydrogen-bond donors (Lipinski definition) is 0. The first-order valence-electron chi connectivity index (χ1n) is 13.6. The molecule has 0 aliphatic heterocycles. The van der Waals surface area contributed by atoms with Crippen LogP contribution in [0.4, 0.5) is 0 Å². The van der Waals surface area contributed by atoms with Crippen LogP contribution in [0.1, 0.15) is 110 Å². The van der Waals surface area contributed by atoms with Crippen molar-refractivity contribution in [1.29, 1.82) is 0 Å². The molecule has 0 saturated heterocycles. The third kappa shape index (κ3) is 6.80. The van der Waals surface area contributed by atoms with Gasteiger partial charge in [0.1, 0.15) is 0 Å². The van der Waals surface area contributed by atoms with E-state index in [1.54, 1.807) is 24.2 Å². The molecule has 0 saturated carbocycles. The molecule has 1 atom stereocenters. The Morgan fingerprint density at radius 1 is 0.769 bits per heavy atom. The number of benzene rings is 2. The van der Waals surface area contributed by atoms with E-state index in [-0.39, 0.29) is 35.6 Å². The Morgan fingerprint density at radius 2 is 1.28 bits per heavy atom. The number of hydrogen-bond acceptors (Lipinski definition) is 0. The van der Waals surface area contributed by atoms with E-state index in [0.29, 0.717) is 5.92 Å². The van der Waals surface area contributed by atoms with Gasteiger partial charge in [-0.25, -0.2) is 16.7 Å². The van der Waals surface area contributed by atoms with E-state index in [9.17, 15) is 0 Å². The quantitative estimate of drug-likeness (QED) is 0.332. The predicted molar refractivity (Wildman–Crippen MR) is 158 cm³/mol. The van der Waals surface area contributed by atoms with E-state index in [4.69, 9.17) is 0 Å². The van der Waals surface area contributed by atoms with Crippen molar-refractivity contribution >= 4 is 14.4 Å². The van der Waals surface area contributed by atoms with Gasteiger partial charge in [-0.05, 0) is 58.4 Å². The second kappa shape index (κ2) is 12.3. The molecule has 0 bridgehead atoms. The molecule has 4 aliphatic carbocycles. The van der Waals surface area contributed by atoms with Gasteiger partial charge in [0.2, 0.25) is 0 Å². The van der Waals surface area contributed by atoms with Crippen LogP contribution in [0, 0.1) is 18.1 Å². The van der Waals surface area contributed by atoms with Crippen molar-refractivity contribution in [3.8, 4) is 11.1 Å². The zero-order chi connectivity index (χ0) is 27.4. The average Bonchev–Trinajstić information content (AvgIpc) is 3.40. The van der Waals surface area contributed by atoms with Crippen molar-refractivity contribution in [2.45, 2.75) is 93.4 Å². The molecule has 1 unspecified atom stereocenters. The minimum Gasteiger partial charge on any atom is -1.00 e. The van der Waals surface area contributed by atoms with Crippen LogP contribution in [0.25, 0.3) is 22.3 Å². The maximum atomic E-state index is 3.65. The summed E-state index contributed by atoms with van der Waals surface area (Å²) >= 11 is 1.55. The van der Waals surface area contributed by atoms with Crippen molar-refractivity contribution < 1.29 is 49.0 Å². The summed E-state index contributed by atoms with van der Waals surface area (Å²) in [7, 11) is 0. The minimum absolute atomic E-state index is 0. The van der Waals surface area contributed by atoms with Gasteiger partial charge in [-0.15, -0.1) is 18.6 Å². The molecule has 0 amide bonds. The van der Waals surface area contributed by atoms with E-state index in [2.05, 4.69) is 125 Å². The summed E-state index contributed by atoms with van der Waals surface area (Å²) in [5.74, 6) is 0.551. The molecule has 0 N–H and O–H groups in total. The maximum Gasteiger partial charge on any atom is -1.00 e. The summed E-state index contributed by atoms with van der Waals surface area (Å²) in [4.78, 5) is 0. The van der Waals surface area contributed by atoms with E-state index in [0.717, 1.165) is 6.42 Å². The monoisotopic (exact) mass is 634 g/mol. The zero-order valence-electron chi connectivity index (χ0n) is 25.5. The molecular weight excluding hydrogens is 595 g/mol. The Kier molecular flexibility index (Phi) is 10.7. The van der Waals surface area contributed by atoms with Crippen LogP contribution >= 0.6 is 0 Å². The van der Waals surface area contributed by atoms with Gasteiger partial charge < -0.3 is 24.8 Å². The van der Waals surface area contributed by atoms with Crippen molar-refractivity contribution in [3.05, 3.63) is 93.1 Å². The first-order chi connectivity index (χ1) is 17.1. The molecule has 0 nitrogen and oxygen atoms in total. The molecule has 4 aliphatic rings. The Morgan fingerprint density at radius 3 is 1.74 bits per heavy atom. The van der Waals surface area contributed by atoms with Crippen LogP contribution in [-0.4, -0.2) is 3.21 Å². The van der Waals surface area contributed by atoms with Gasteiger partial charge in [0.15, 0.2) is 0 Å². The molecule has 206 valence electrons. The molecular formula is C36H42Cl2Zr-2. The fourth-order valence-corrected chi connectivity index (χ4v) is 6.27. The Bertz CT molecular complexity index is 1320. The number of halogens is 2. The fraction of sp³-hybridized carbons (Fsp3) is 0.417. The van der Waals surface area contributed by atoms with Gasteiger partial charge >= 0.3 is 41.3 Å². The van der Waals surface area contributed by atoms with Crippen LogP contribution in [-0.2, 0) is 41.5 Å². The van der Waals surface area contributed by atoms with Gasteiger partial charge in [0.05, 0.1) is 0 Å². The summed E-state index contributed by atoms with van der Waals surface area (Å²) in [5, 5.41) is 0. The van der Waals surface area contributed by atoms with Crippen LogP contribution in [0.3, 0.4) is 0 Å². The van der Waals surface area contributed by atoms with Gasteiger partial charge in [0, 0.05) is 5.41 Å². The molecule has 2 aromatic rings. The van der Waals surface area contributed by atoms with Gasteiger partial charge in [-0.2, -0.15) is 11.6 Å². The van der Waals surface area contributed by atoms with E-state index < -0.39 is 0 Å². The second-order valence-electron chi connectivity index (χ2n) is 12.6. The number of allylic oxidation sites excluding steroid dienone is 8. The normalized spacial score (nSPS) is 19.6. The fourth-order valence-electron chi connectivity index (χ4n) is 6.27. The maximum absolute atomic E-state index is 3.65. The molecule has 0 aromatic heterocycles. The summed E-state index contributed by atoms with van der Waals surface area (Å²) in [6.07, 6.45) is 12.7. The van der Waals surface area contributed by atoms with Crippen LogP contribution in [0.5, 0.6) is 0 Å². The molecule has 3 heteroatoms. The minimum atomic E-state index is 0. The standard InChI is InChI=1S/C25H25.C8H11.C3H6.2ClH.Zr/c1-14-12-24(3,4)22-8-16-7-17-9-23-19(15(2)13-25(23,5)6)11-21(17)20(16)10-18(14)22;1-6-4-7(2)8(3)5-6;1-3-2;;;/h8-12H,7H2,1-6H3;4,6H,1-3H3;1-2H3;2*1H;/q2*-1;;;;+2/p-2. The number of rotatable bonds is 0. The third-order valence-electron chi connectivity index (χ3n) is 7.97. The van der Waals surface area contributed by atoms with Gasteiger partial charge in [0.25, 0.3) is 0 Å². The number of fused-ring (bicyclic) bond motifs is 5. The molecule has 6 rings (SSSR count). The molecule has 39 heavy (non-hydrogen) atoms. The van der Waals surface area contributed by atoms with Crippen LogP contribution in [0.2, 0.25) is 0 Å². The summed E-state index contributed by atoms with van der Waals surface area (Å²) in [6.45, 7) is 24.3. The van der Waals surface area contributed by atoms with E-state index in [1.807, 2.05) is 0 Å². The summed E-state index contributed by atoms with van der Waals surface area (Å²) in [5.41, 5.74) is 17.3. The van der Waals surface area contributed by atoms with Gasteiger partial charge in [-0.1, -0.05) is 78.0 Å². The van der Waals surface area contributed by atoms with E-state index in [1.165, 1.54) is 70.0 Å². The zero-order valence-corrected chi connectivity index (χ0v) is 29.5. The smallest absolute Gasteiger partial charge is 1.00 e. The molecule has 0 radical (unpaired) electrons. The summed E-state index contributed by atoms with van der Waals surface area (Å²) < 4.78 is 1.51. The summed E-state index contributed by atoms with van der Waals surface area (Å²) in [6, 6.07) is 9.81. The average molecular weight is 637 g/mol. The first kappa shape index (κ1) is 33.9. The second-order valence-corrected chi connectivity index (χ2v) is 15.1. The SMILES string of the molecule is CC1=[C-]C(C)(C)c2cc3c(cc21)-c1cc2c(cc1C3)C(C)(C)C=C2C.CC1=[C-]C(C)C=C1C.C[C](C)=[Zr+2].[Cl-].[Cl-]. The first-order valence-corrected chi connectivity index (χ1v) is 14.8. The molecule has 0 spiro atoms. The van der Waals surface area contributed by atoms with Crippen LogP contribution in [0.15, 0.2) is 47.6 Å². The molecule has 0 fully saturated rings. The van der Waals surface area contributed by atoms with E-state index >= 15 is 0 Å². The molecule has 2 aromatic carbocycles. The third-order valence-corrected chi connectivity index (χ3v) is 7.97. The predicted octanol–water partition coefficient (Wildman–Crippen LogP) is 3.54. The van der Waals surface area contributed by atoms with Gasteiger partial charge in [-0.3, -0.25) is 12.2 Å². The van der Waals surface area contributed by atoms with Crippen molar-refractivity contribution in [2.24, 2.45) is 5.92 Å². The molecule has 0 heterocycles. The Labute approximate surface area is 265 Å². The van der Waals surface area contributed by atoms with Crippen molar-refractivity contribution in [3.63, 3.8) is 0 Å². The largest absolute Gasteiger partial charge is 1.00 e. The Balaban J connectivity index is 0.000000322. The van der Waals surface area contributed by atoms with Crippen molar-refractivity contribution in [2.75, 3.05) is 0 Å². The van der Waals surface area contributed by atoms with Crippen molar-refractivity contribution in [1.82, 2.24) is 0 Å².